The van der Waals surface area contributed by atoms with E-state index in [1.807, 2.05) is 0 Å². The third kappa shape index (κ3) is 13.8. The highest BCUT2D eigenvalue weighted by Crippen LogP contribution is 2.05. The van der Waals surface area contributed by atoms with E-state index in [2.05, 4.69) is 16.0 Å². The highest BCUT2D eigenvalue weighted by Gasteiger charge is 2.31. The Morgan fingerprint density at radius 2 is 1.29 bits per heavy atom. The summed E-state index contributed by atoms with van der Waals surface area (Å²) in [5, 5.41) is 24.7. The Labute approximate surface area is 205 Å². The number of aliphatic carboxylic acids is 2. The zero-order valence-electron chi connectivity index (χ0n) is 19.2. The number of carbonyl (C=O) groups excluding carboxylic acids is 5. The van der Waals surface area contributed by atoms with Crippen molar-refractivity contribution in [3.63, 3.8) is 0 Å². The highest BCUT2D eigenvalue weighted by molar-refractivity contribution is 7.98. The molecule has 35 heavy (non-hydrogen) atoms. The number of carboxylic acids is 2. The summed E-state index contributed by atoms with van der Waals surface area (Å²) in [7, 11) is 0. The van der Waals surface area contributed by atoms with Crippen LogP contribution in [0.2, 0.25) is 0 Å². The van der Waals surface area contributed by atoms with Gasteiger partial charge in [-0.2, -0.15) is 11.8 Å². The van der Waals surface area contributed by atoms with Gasteiger partial charge < -0.3 is 43.4 Å². The van der Waals surface area contributed by atoms with Crippen LogP contribution >= 0.6 is 11.8 Å². The van der Waals surface area contributed by atoms with Gasteiger partial charge in [0.05, 0.1) is 12.5 Å². The smallest absolute Gasteiger partial charge is 0.326 e. The lowest BCUT2D eigenvalue weighted by Crippen LogP contribution is -2.57. The SMILES string of the molecule is CSCCC(NC(=O)C(CCC(N)=O)NC(=O)C(CC(N)=O)NC(=O)C(N)CCC(=O)O)C(=O)O. The lowest BCUT2D eigenvalue weighted by molar-refractivity contribution is -0.142. The van der Waals surface area contributed by atoms with Crippen molar-refractivity contribution >= 4 is 53.2 Å². The Kier molecular flexibility index (Phi) is 14.7. The molecule has 16 heteroatoms. The van der Waals surface area contributed by atoms with Crippen LogP contribution in [0.1, 0.15) is 38.5 Å². The summed E-state index contributed by atoms with van der Waals surface area (Å²) in [6.07, 6.45) is -0.144. The van der Waals surface area contributed by atoms with E-state index in [4.69, 9.17) is 22.3 Å². The highest BCUT2D eigenvalue weighted by atomic mass is 32.2. The molecule has 198 valence electrons. The second-order valence-corrected chi connectivity index (χ2v) is 8.50. The van der Waals surface area contributed by atoms with Gasteiger partial charge in [-0.25, -0.2) is 4.79 Å². The number of hydrogen-bond acceptors (Lipinski definition) is 9. The molecule has 0 radical (unpaired) electrons. The summed E-state index contributed by atoms with van der Waals surface area (Å²) in [6.45, 7) is 0. The van der Waals surface area contributed by atoms with Gasteiger partial charge in [-0.3, -0.25) is 28.8 Å². The maximum absolute atomic E-state index is 12.8. The van der Waals surface area contributed by atoms with Crippen molar-refractivity contribution in [2.75, 3.05) is 12.0 Å². The first kappa shape index (κ1) is 31.6. The number of primary amides is 2. The average Bonchev–Trinajstić information content (AvgIpc) is 2.75. The van der Waals surface area contributed by atoms with Crippen LogP contribution in [0.15, 0.2) is 0 Å². The van der Waals surface area contributed by atoms with Crippen LogP contribution in [-0.2, 0) is 33.6 Å². The molecule has 0 aromatic rings. The normalized spacial score (nSPS) is 14.0. The average molecular weight is 521 g/mol. The zero-order chi connectivity index (χ0) is 27.1. The summed E-state index contributed by atoms with van der Waals surface area (Å²) in [5.74, 6) is -6.75. The second kappa shape index (κ2) is 16.3. The Morgan fingerprint density at radius 1 is 0.743 bits per heavy atom. The van der Waals surface area contributed by atoms with Gasteiger partial charge in [0, 0.05) is 12.8 Å². The van der Waals surface area contributed by atoms with Gasteiger partial charge in [0.15, 0.2) is 0 Å². The fraction of sp³-hybridized carbons (Fsp3) is 0.632. The number of amides is 5. The fourth-order valence-electron chi connectivity index (χ4n) is 2.69. The van der Waals surface area contributed by atoms with E-state index in [1.54, 1.807) is 6.26 Å². The van der Waals surface area contributed by atoms with E-state index < -0.39 is 78.5 Å². The van der Waals surface area contributed by atoms with Crippen LogP contribution in [0.5, 0.6) is 0 Å². The van der Waals surface area contributed by atoms with Crippen LogP contribution in [-0.4, -0.2) is 87.9 Å². The molecule has 0 rings (SSSR count). The molecule has 4 atom stereocenters. The van der Waals surface area contributed by atoms with Crippen molar-refractivity contribution < 1.29 is 43.8 Å². The molecular weight excluding hydrogens is 488 g/mol. The molecule has 0 aliphatic carbocycles. The molecule has 0 fully saturated rings. The Hall–Kier alpha value is -3.40. The monoisotopic (exact) mass is 520 g/mol. The van der Waals surface area contributed by atoms with Crippen molar-refractivity contribution in [2.45, 2.75) is 62.7 Å². The van der Waals surface area contributed by atoms with E-state index >= 15 is 0 Å². The van der Waals surface area contributed by atoms with Gasteiger partial charge in [-0.1, -0.05) is 0 Å². The van der Waals surface area contributed by atoms with E-state index in [0.717, 1.165) is 0 Å². The first-order chi connectivity index (χ1) is 16.3. The van der Waals surface area contributed by atoms with Crippen molar-refractivity contribution in [1.82, 2.24) is 16.0 Å². The van der Waals surface area contributed by atoms with Crippen molar-refractivity contribution in [3.8, 4) is 0 Å². The minimum absolute atomic E-state index is 0.0906. The zero-order valence-corrected chi connectivity index (χ0v) is 20.0. The van der Waals surface area contributed by atoms with E-state index in [0.29, 0.717) is 5.75 Å². The first-order valence-corrected chi connectivity index (χ1v) is 11.8. The number of carbonyl (C=O) groups is 7. The third-order valence-corrected chi connectivity index (χ3v) is 5.23. The predicted octanol–water partition coefficient (Wildman–Crippen LogP) is -3.39. The van der Waals surface area contributed by atoms with Gasteiger partial charge in [0.1, 0.15) is 18.1 Å². The van der Waals surface area contributed by atoms with E-state index in [1.165, 1.54) is 11.8 Å². The van der Waals surface area contributed by atoms with Crippen LogP contribution < -0.4 is 33.2 Å². The van der Waals surface area contributed by atoms with E-state index in [9.17, 15) is 38.7 Å². The molecule has 0 aliphatic heterocycles. The largest absolute Gasteiger partial charge is 0.481 e. The molecule has 0 aliphatic rings. The predicted molar refractivity (Wildman–Crippen MR) is 124 cm³/mol. The molecule has 0 bridgehead atoms. The minimum atomic E-state index is -1.58. The number of rotatable bonds is 18. The van der Waals surface area contributed by atoms with Crippen molar-refractivity contribution in [2.24, 2.45) is 17.2 Å². The van der Waals surface area contributed by atoms with Crippen LogP contribution in [0.25, 0.3) is 0 Å². The molecule has 0 saturated heterocycles. The number of thioether (sulfide) groups is 1. The maximum Gasteiger partial charge on any atom is 0.326 e. The number of hydrogen-bond donors (Lipinski definition) is 8. The molecule has 4 unspecified atom stereocenters. The van der Waals surface area contributed by atoms with Crippen molar-refractivity contribution in [3.05, 3.63) is 0 Å². The number of nitrogens with one attached hydrogen (secondary N) is 3. The van der Waals surface area contributed by atoms with E-state index in [-0.39, 0.29) is 25.7 Å². The minimum Gasteiger partial charge on any atom is -0.481 e. The lowest BCUT2D eigenvalue weighted by Gasteiger charge is -2.24. The lowest BCUT2D eigenvalue weighted by atomic mass is 10.1. The molecule has 0 saturated carbocycles. The summed E-state index contributed by atoms with van der Waals surface area (Å²) >= 11 is 1.36. The summed E-state index contributed by atoms with van der Waals surface area (Å²) in [5.41, 5.74) is 15.8. The first-order valence-electron chi connectivity index (χ1n) is 10.4. The maximum atomic E-state index is 12.8. The molecule has 11 N–H and O–H groups in total. The molecule has 15 nitrogen and oxygen atoms in total. The fourth-order valence-corrected chi connectivity index (χ4v) is 3.16. The molecule has 5 amide bonds. The van der Waals surface area contributed by atoms with Crippen LogP contribution in [0, 0.1) is 0 Å². The van der Waals surface area contributed by atoms with Crippen LogP contribution in [0.4, 0.5) is 0 Å². The molecule has 0 heterocycles. The second-order valence-electron chi connectivity index (χ2n) is 7.52. The van der Waals surface area contributed by atoms with Crippen LogP contribution in [0.3, 0.4) is 0 Å². The summed E-state index contributed by atoms with van der Waals surface area (Å²) in [6, 6.07) is -5.59. The Bertz CT molecular complexity index is 810. The standard InChI is InChI=1S/C19H32N6O9S/c1-35-7-6-11(19(33)34)24-17(31)10(3-4-13(21)26)23-18(32)12(8-14(22)27)25-16(30)9(20)2-5-15(28)29/h9-12H,2-8,20H2,1H3,(H2,21,26)(H2,22,27)(H,23,32)(H,24,31)(H,25,30)(H,28,29)(H,33,34). The summed E-state index contributed by atoms with van der Waals surface area (Å²) in [4.78, 5) is 82.4. The Balaban J connectivity index is 5.54. The van der Waals surface area contributed by atoms with Gasteiger partial charge in [-0.15, -0.1) is 0 Å². The number of carboxylic acid groups (broad SMARTS) is 2. The summed E-state index contributed by atoms with van der Waals surface area (Å²) < 4.78 is 0. The van der Waals surface area contributed by atoms with Gasteiger partial charge in [0.2, 0.25) is 29.5 Å². The van der Waals surface area contributed by atoms with Crippen molar-refractivity contribution in [1.29, 1.82) is 0 Å². The van der Waals surface area contributed by atoms with Gasteiger partial charge >= 0.3 is 11.9 Å². The third-order valence-electron chi connectivity index (χ3n) is 4.58. The van der Waals surface area contributed by atoms with Gasteiger partial charge in [0.25, 0.3) is 0 Å². The molecule has 0 aromatic carbocycles. The molecule has 0 aromatic heterocycles. The quantitative estimate of drug-likeness (QED) is 0.0882. The Morgan fingerprint density at radius 3 is 1.77 bits per heavy atom. The topological polar surface area (TPSA) is 274 Å². The molecular formula is C19H32N6O9S. The van der Waals surface area contributed by atoms with Gasteiger partial charge in [-0.05, 0) is 31.3 Å². The molecule has 0 spiro atoms. The number of nitrogens with two attached hydrogens (primary N) is 3.